The number of amides is 2. The molecule has 0 fully saturated rings. The first-order valence-corrected chi connectivity index (χ1v) is 11.1. The van der Waals surface area contributed by atoms with Gasteiger partial charge in [0, 0.05) is 28.5 Å². The molecular formula is C22H22N2O2S2. The zero-order valence-corrected chi connectivity index (χ0v) is 17.0. The summed E-state index contributed by atoms with van der Waals surface area (Å²) in [5.74, 6) is 1.38. The Morgan fingerprint density at radius 1 is 0.857 bits per heavy atom. The van der Waals surface area contributed by atoms with Crippen molar-refractivity contribution in [3.8, 4) is 11.1 Å². The molecule has 144 valence electrons. The van der Waals surface area contributed by atoms with Gasteiger partial charge in [0.15, 0.2) is 0 Å². The Balaban J connectivity index is 1.35. The van der Waals surface area contributed by atoms with Gasteiger partial charge in [-0.1, -0.05) is 48.5 Å². The largest absolute Gasteiger partial charge is 0.354 e. The fraction of sp³-hybridized carbons (Fsp3) is 0.182. The molecule has 0 bridgehead atoms. The normalized spacial score (nSPS) is 10.4. The third-order valence-corrected chi connectivity index (χ3v) is 6.12. The average molecular weight is 411 g/mol. The van der Waals surface area contributed by atoms with E-state index in [9.17, 15) is 9.59 Å². The minimum Gasteiger partial charge on any atom is -0.354 e. The van der Waals surface area contributed by atoms with Crippen LogP contribution >= 0.6 is 23.1 Å². The maximum atomic E-state index is 12.2. The SMILES string of the molecule is O=C(CNC(=O)c1ccc(-c2ccccc2)cc1)NCCSCc1cccs1. The minimum atomic E-state index is -0.248. The van der Waals surface area contributed by atoms with E-state index in [0.29, 0.717) is 12.1 Å². The topological polar surface area (TPSA) is 58.2 Å². The van der Waals surface area contributed by atoms with E-state index in [2.05, 4.69) is 22.1 Å². The highest BCUT2D eigenvalue weighted by Crippen LogP contribution is 2.19. The third-order valence-electron chi connectivity index (χ3n) is 4.06. The molecule has 2 N–H and O–H groups in total. The molecule has 1 heterocycles. The number of rotatable bonds is 9. The van der Waals surface area contributed by atoms with Crippen LogP contribution in [0, 0.1) is 0 Å². The number of carbonyl (C=O) groups excluding carboxylic acids is 2. The lowest BCUT2D eigenvalue weighted by Gasteiger charge is -2.08. The highest BCUT2D eigenvalue weighted by Gasteiger charge is 2.08. The van der Waals surface area contributed by atoms with Gasteiger partial charge in [0.25, 0.3) is 5.91 Å². The van der Waals surface area contributed by atoms with Crippen molar-refractivity contribution >= 4 is 34.9 Å². The molecule has 4 nitrogen and oxygen atoms in total. The van der Waals surface area contributed by atoms with E-state index >= 15 is 0 Å². The van der Waals surface area contributed by atoms with Gasteiger partial charge in [-0.3, -0.25) is 9.59 Å². The van der Waals surface area contributed by atoms with Crippen LogP contribution < -0.4 is 10.6 Å². The molecule has 0 radical (unpaired) electrons. The zero-order chi connectivity index (χ0) is 19.6. The summed E-state index contributed by atoms with van der Waals surface area (Å²) in [4.78, 5) is 25.4. The standard InChI is InChI=1S/C22H22N2O2S2/c25-21(23-12-14-27-16-20-7-4-13-28-20)15-24-22(26)19-10-8-18(9-11-19)17-5-2-1-3-6-17/h1-11,13H,12,14-16H2,(H,23,25)(H,24,26). The number of benzene rings is 2. The van der Waals surface area contributed by atoms with Gasteiger partial charge in [-0.25, -0.2) is 0 Å². The molecule has 0 saturated carbocycles. The lowest BCUT2D eigenvalue weighted by Crippen LogP contribution is -2.37. The molecule has 1 aromatic heterocycles. The zero-order valence-electron chi connectivity index (χ0n) is 15.4. The summed E-state index contributed by atoms with van der Waals surface area (Å²) in [6.45, 7) is 0.575. The van der Waals surface area contributed by atoms with Crippen LogP contribution in [0.3, 0.4) is 0 Å². The second-order valence-corrected chi connectivity index (χ2v) is 8.25. The smallest absolute Gasteiger partial charge is 0.251 e. The second-order valence-electron chi connectivity index (χ2n) is 6.11. The van der Waals surface area contributed by atoms with Crippen molar-refractivity contribution in [2.24, 2.45) is 0 Å². The first-order chi connectivity index (χ1) is 13.7. The lowest BCUT2D eigenvalue weighted by atomic mass is 10.0. The van der Waals surface area contributed by atoms with Crippen molar-refractivity contribution in [3.63, 3.8) is 0 Å². The molecule has 0 aliphatic carbocycles. The molecule has 2 aromatic carbocycles. The van der Waals surface area contributed by atoms with Gasteiger partial charge in [-0.15, -0.1) is 11.3 Å². The summed E-state index contributed by atoms with van der Waals surface area (Å²) >= 11 is 3.52. The Kier molecular flexibility index (Phi) is 7.70. The van der Waals surface area contributed by atoms with Crippen LogP contribution in [0.2, 0.25) is 0 Å². The second kappa shape index (κ2) is 10.7. The van der Waals surface area contributed by atoms with Crippen LogP contribution in [-0.2, 0) is 10.5 Å². The number of hydrogen-bond acceptors (Lipinski definition) is 4. The van der Waals surface area contributed by atoms with Crippen LogP contribution in [-0.4, -0.2) is 30.7 Å². The summed E-state index contributed by atoms with van der Waals surface area (Å²) in [7, 11) is 0. The Morgan fingerprint density at radius 3 is 2.32 bits per heavy atom. The Morgan fingerprint density at radius 2 is 1.61 bits per heavy atom. The molecule has 0 atom stereocenters. The van der Waals surface area contributed by atoms with E-state index in [0.717, 1.165) is 22.6 Å². The van der Waals surface area contributed by atoms with Gasteiger partial charge in [0.1, 0.15) is 0 Å². The van der Waals surface area contributed by atoms with Gasteiger partial charge in [-0.05, 0) is 34.7 Å². The molecule has 3 rings (SSSR count). The summed E-state index contributed by atoms with van der Waals surface area (Å²) in [5, 5.41) is 7.56. The summed E-state index contributed by atoms with van der Waals surface area (Å²) in [6, 6.07) is 21.5. The predicted molar refractivity (Wildman–Crippen MR) is 118 cm³/mol. The first-order valence-electron chi connectivity index (χ1n) is 9.03. The van der Waals surface area contributed by atoms with Crippen molar-refractivity contribution in [1.82, 2.24) is 10.6 Å². The quantitative estimate of drug-likeness (QED) is 0.520. The van der Waals surface area contributed by atoms with Crippen molar-refractivity contribution in [1.29, 1.82) is 0 Å². The molecular weight excluding hydrogens is 388 g/mol. The molecule has 3 aromatic rings. The summed E-state index contributed by atoms with van der Waals surface area (Å²) in [5.41, 5.74) is 2.69. The van der Waals surface area contributed by atoms with Gasteiger partial charge in [0.05, 0.1) is 6.54 Å². The van der Waals surface area contributed by atoms with Crippen molar-refractivity contribution < 1.29 is 9.59 Å². The fourth-order valence-electron chi connectivity index (χ4n) is 2.60. The Bertz CT molecular complexity index is 879. The molecule has 0 saturated heterocycles. The van der Waals surface area contributed by atoms with E-state index in [4.69, 9.17) is 0 Å². The molecule has 28 heavy (non-hydrogen) atoms. The molecule has 0 unspecified atom stereocenters. The van der Waals surface area contributed by atoms with E-state index in [1.54, 1.807) is 35.2 Å². The minimum absolute atomic E-state index is 0.0190. The number of thioether (sulfide) groups is 1. The van der Waals surface area contributed by atoms with Crippen molar-refractivity contribution in [2.45, 2.75) is 5.75 Å². The van der Waals surface area contributed by atoms with Gasteiger partial charge >= 0.3 is 0 Å². The number of hydrogen-bond donors (Lipinski definition) is 2. The Labute approximate surface area is 173 Å². The average Bonchev–Trinajstić information content (AvgIpc) is 3.26. The molecule has 0 aliphatic heterocycles. The highest BCUT2D eigenvalue weighted by atomic mass is 32.2. The van der Waals surface area contributed by atoms with Gasteiger partial charge in [-0.2, -0.15) is 11.8 Å². The summed E-state index contributed by atoms with van der Waals surface area (Å²) in [6.07, 6.45) is 0. The van der Waals surface area contributed by atoms with Crippen LogP contribution in [0.15, 0.2) is 72.1 Å². The molecule has 0 aliphatic rings. The predicted octanol–water partition coefficient (Wildman–Crippen LogP) is 4.19. The number of nitrogens with one attached hydrogen (secondary N) is 2. The number of thiophene rings is 1. The Hall–Kier alpha value is -2.57. The third kappa shape index (κ3) is 6.25. The maximum Gasteiger partial charge on any atom is 0.251 e. The monoisotopic (exact) mass is 410 g/mol. The fourth-order valence-corrected chi connectivity index (χ4v) is 4.30. The van der Waals surface area contributed by atoms with Gasteiger partial charge in [0.2, 0.25) is 5.91 Å². The van der Waals surface area contributed by atoms with Crippen LogP contribution in [0.5, 0.6) is 0 Å². The van der Waals surface area contributed by atoms with Crippen molar-refractivity contribution in [2.75, 3.05) is 18.8 Å². The van der Waals surface area contributed by atoms with Crippen molar-refractivity contribution in [3.05, 3.63) is 82.6 Å². The van der Waals surface area contributed by atoms with E-state index in [-0.39, 0.29) is 18.4 Å². The van der Waals surface area contributed by atoms with Crippen LogP contribution in [0.4, 0.5) is 0 Å². The molecule has 2 amide bonds. The first kappa shape index (κ1) is 20.2. The van der Waals surface area contributed by atoms with Crippen LogP contribution in [0.1, 0.15) is 15.2 Å². The summed E-state index contributed by atoms with van der Waals surface area (Å²) < 4.78 is 0. The molecule has 6 heteroatoms. The number of carbonyl (C=O) groups is 2. The van der Waals surface area contributed by atoms with E-state index < -0.39 is 0 Å². The molecule has 0 spiro atoms. The van der Waals surface area contributed by atoms with Crippen LogP contribution in [0.25, 0.3) is 11.1 Å². The highest BCUT2D eigenvalue weighted by molar-refractivity contribution is 7.98. The van der Waals surface area contributed by atoms with Gasteiger partial charge < -0.3 is 10.6 Å². The van der Waals surface area contributed by atoms with E-state index in [1.165, 1.54) is 4.88 Å². The maximum absolute atomic E-state index is 12.2. The lowest BCUT2D eigenvalue weighted by molar-refractivity contribution is -0.120. The van der Waals surface area contributed by atoms with E-state index in [1.807, 2.05) is 48.5 Å².